The van der Waals surface area contributed by atoms with Crippen LogP contribution in [0.1, 0.15) is 5.56 Å². The molecule has 0 aliphatic carbocycles. The van der Waals surface area contributed by atoms with E-state index in [2.05, 4.69) is 15.3 Å². The van der Waals surface area contributed by atoms with Gasteiger partial charge in [-0.1, -0.05) is 18.2 Å². The summed E-state index contributed by atoms with van der Waals surface area (Å²) in [6, 6.07) is 13.0. The number of nitrogens with zero attached hydrogens (tertiary/aromatic N) is 2. The highest BCUT2D eigenvalue weighted by Crippen LogP contribution is 2.23. The van der Waals surface area contributed by atoms with Gasteiger partial charge in [0.1, 0.15) is 5.75 Å². The lowest BCUT2D eigenvalue weighted by Crippen LogP contribution is -1.98. The van der Waals surface area contributed by atoms with Crippen LogP contribution < -0.4 is 5.32 Å². The molecule has 0 unspecified atom stereocenters. The summed E-state index contributed by atoms with van der Waals surface area (Å²) in [4.78, 5) is 8.73. The topological polar surface area (TPSA) is 58.0 Å². The third-order valence-corrected chi connectivity index (χ3v) is 2.95. The molecule has 3 rings (SSSR count). The molecule has 0 fully saturated rings. The molecule has 0 amide bonds. The van der Waals surface area contributed by atoms with E-state index in [0.717, 1.165) is 22.2 Å². The zero-order chi connectivity index (χ0) is 13.2. The van der Waals surface area contributed by atoms with E-state index < -0.39 is 0 Å². The lowest BCUT2D eigenvalue weighted by Gasteiger charge is -2.08. The van der Waals surface area contributed by atoms with Gasteiger partial charge in [-0.2, -0.15) is 0 Å². The van der Waals surface area contributed by atoms with Crippen LogP contribution in [0.2, 0.25) is 0 Å². The molecule has 2 N–H and O–H groups in total. The number of rotatable bonds is 2. The van der Waals surface area contributed by atoms with Gasteiger partial charge in [0.05, 0.1) is 5.52 Å². The third-order valence-electron chi connectivity index (χ3n) is 2.95. The standard InChI is InChI=1S/C15H13N3O/c1-10-8-12(19)6-7-13(10)17-15-16-9-11-4-2-3-5-14(11)18-15/h2-9,19H,1H3,(H,16,17,18). The van der Waals surface area contributed by atoms with Crippen molar-refractivity contribution in [2.75, 3.05) is 5.32 Å². The largest absolute Gasteiger partial charge is 0.508 e. The Bertz CT molecular complexity index is 740. The summed E-state index contributed by atoms with van der Waals surface area (Å²) in [6.45, 7) is 1.92. The smallest absolute Gasteiger partial charge is 0.227 e. The van der Waals surface area contributed by atoms with Crippen molar-refractivity contribution in [1.29, 1.82) is 0 Å². The average molecular weight is 251 g/mol. The van der Waals surface area contributed by atoms with Crippen molar-refractivity contribution in [1.82, 2.24) is 9.97 Å². The Morgan fingerprint density at radius 2 is 1.95 bits per heavy atom. The fourth-order valence-electron chi connectivity index (χ4n) is 1.94. The highest BCUT2D eigenvalue weighted by molar-refractivity contribution is 5.79. The fourth-order valence-corrected chi connectivity index (χ4v) is 1.94. The van der Waals surface area contributed by atoms with Gasteiger partial charge >= 0.3 is 0 Å². The van der Waals surface area contributed by atoms with Crippen LogP contribution in [0.4, 0.5) is 11.6 Å². The van der Waals surface area contributed by atoms with Crippen LogP contribution in [0.3, 0.4) is 0 Å². The molecule has 0 atom stereocenters. The van der Waals surface area contributed by atoms with Gasteiger partial charge in [-0.3, -0.25) is 0 Å². The summed E-state index contributed by atoms with van der Waals surface area (Å²) in [5.41, 5.74) is 2.72. The number of phenolic OH excluding ortho intramolecular Hbond substituents is 1. The Labute approximate surface area is 110 Å². The van der Waals surface area contributed by atoms with Crippen molar-refractivity contribution in [3.63, 3.8) is 0 Å². The van der Waals surface area contributed by atoms with E-state index in [-0.39, 0.29) is 5.75 Å². The number of benzene rings is 2. The molecule has 0 spiro atoms. The number of para-hydroxylation sites is 1. The highest BCUT2D eigenvalue weighted by Gasteiger charge is 2.03. The first-order valence-electron chi connectivity index (χ1n) is 6.01. The predicted octanol–water partition coefficient (Wildman–Crippen LogP) is 3.39. The van der Waals surface area contributed by atoms with E-state index in [1.54, 1.807) is 18.3 Å². The van der Waals surface area contributed by atoms with E-state index in [4.69, 9.17) is 0 Å². The molecule has 0 saturated heterocycles. The number of nitrogens with one attached hydrogen (secondary N) is 1. The first-order valence-corrected chi connectivity index (χ1v) is 6.01. The fraction of sp³-hybridized carbons (Fsp3) is 0.0667. The monoisotopic (exact) mass is 251 g/mol. The molecule has 94 valence electrons. The molecule has 4 heteroatoms. The molecule has 0 aliphatic heterocycles. The quantitative estimate of drug-likeness (QED) is 0.685. The van der Waals surface area contributed by atoms with Gasteiger partial charge in [0.25, 0.3) is 0 Å². The van der Waals surface area contributed by atoms with Gasteiger partial charge in [0.2, 0.25) is 5.95 Å². The molecule has 0 bridgehead atoms. The number of hydrogen-bond acceptors (Lipinski definition) is 4. The normalized spacial score (nSPS) is 10.6. The maximum Gasteiger partial charge on any atom is 0.227 e. The van der Waals surface area contributed by atoms with Crippen LogP contribution in [0.15, 0.2) is 48.7 Å². The molecule has 19 heavy (non-hydrogen) atoms. The molecule has 3 aromatic rings. The molecular formula is C15H13N3O. The van der Waals surface area contributed by atoms with Crippen LogP contribution in [0.5, 0.6) is 5.75 Å². The first-order chi connectivity index (χ1) is 9.22. The maximum atomic E-state index is 9.39. The van der Waals surface area contributed by atoms with Crippen LogP contribution >= 0.6 is 0 Å². The van der Waals surface area contributed by atoms with Gasteiger partial charge in [-0.15, -0.1) is 0 Å². The van der Waals surface area contributed by atoms with Crippen LogP contribution in [0.25, 0.3) is 10.9 Å². The second-order valence-corrected chi connectivity index (χ2v) is 4.38. The number of fused-ring (bicyclic) bond motifs is 1. The number of anilines is 2. The van der Waals surface area contributed by atoms with E-state index >= 15 is 0 Å². The minimum Gasteiger partial charge on any atom is -0.508 e. The van der Waals surface area contributed by atoms with Gasteiger partial charge in [-0.05, 0) is 36.8 Å². The molecule has 2 aromatic carbocycles. The number of hydrogen-bond donors (Lipinski definition) is 2. The second-order valence-electron chi connectivity index (χ2n) is 4.38. The summed E-state index contributed by atoms with van der Waals surface area (Å²) in [5.74, 6) is 0.801. The van der Waals surface area contributed by atoms with Crippen LogP contribution in [0, 0.1) is 6.92 Å². The van der Waals surface area contributed by atoms with E-state index in [0.29, 0.717) is 5.95 Å². The first kappa shape index (κ1) is 11.5. The molecule has 0 radical (unpaired) electrons. The molecule has 0 saturated carbocycles. The van der Waals surface area contributed by atoms with Crippen molar-refractivity contribution in [3.05, 3.63) is 54.2 Å². The van der Waals surface area contributed by atoms with E-state index in [1.165, 1.54) is 0 Å². The number of aromatic hydroxyl groups is 1. The lowest BCUT2D eigenvalue weighted by atomic mass is 10.2. The van der Waals surface area contributed by atoms with Crippen molar-refractivity contribution >= 4 is 22.5 Å². The minimum absolute atomic E-state index is 0.252. The molecule has 0 aliphatic rings. The summed E-state index contributed by atoms with van der Waals surface area (Å²) in [6.07, 6.45) is 1.79. The lowest BCUT2D eigenvalue weighted by molar-refractivity contribution is 0.475. The van der Waals surface area contributed by atoms with Gasteiger partial charge < -0.3 is 10.4 Å². The number of aromatic nitrogens is 2. The number of aryl methyl sites for hydroxylation is 1. The predicted molar refractivity (Wildman–Crippen MR) is 75.7 cm³/mol. The molecule has 1 aromatic heterocycles. The Hall–Kier alpha value is -2.62. The molecule has 4 nitrogen and oxygen atoms in total. The zero-order valence-corrected chi connectivity index (χ0v) is 10.5. The summed E-state index contributed by atoms with van der Waals surface area (Å²) in [5, 5.41) is 13.6. The SMILES string of the molecule is Cc1cc(O)ccc1Nc1ncc2ccccc2n1. The van der Waals surface area contributed by atoms with Gasteiger partial charge in [0.15, 0.2) is 0 Å². The molecular weight excluding hydrogens is 238 g/mol. The summed E-state index contributed by atoms with van der Waals surface area (Å²) >= 11 is 0. The average Bonchev–Trinajstić information content (AvgIpc) is 2.42. The van der Waals surface area contributed by atoms with Crippen LogP contribution in [-0.4, -0.2) is 15.1 Å². The molecule has 1 heterocycles. The van der Waals surface area contributed by atoms with Crippen molar-refractivity contribution in [2.45, 2.75) is 6.92 Å². The zero-order valence-electron chi connectivity index (χ0n) is 10.5. The highest BCUT2D eigenvalue weighted by atomic mass is 16.3. The number of phenols is 1. The van der Waals surface area contributed by atoms with Crippen LogP contribution in [-0.2, 0) is 0 Å². The summed E-state index contributed by atoms with van der Waals surface area (Å²) in [7, 11) is 0. The van der Waals surface area contributed by atoms with E-state index in [1.807, 2.05) is 37.3 Å². The summed E-state index contributed by atoms with van der Waals surface area (Å²) < 4.78 is 0. The van der Waals surface area contributed by atoms with Gasteiger partial charge in [-0.25, -0.2) is 9.97 Å². The second kappa shape index (κ2) is 4.57. The van der Waals surface area contributed by atoms with Crippen molar-refractivity contribution in [3.8, 4) is 5.75 Å². The van der Waals surface area contributed by atoms with Gasteiger partial charge in [0, 0.05) is 17.3 Å². The third kappa shape index (κ3) is 2.33. The van der Waals surface area contributed by atoms with Crippen molar-refractivity contribution in [2.24, 2.45) is 0 Å². The van der Waals surface area contributed by atoms with E-state index in [9.17, 15) is 5.11 Å². The minimum atomic E-state index is 0.252. The Kier molecular flexibility index (Phi) is 2.76. The Morgan fingerprint density at radius 1 is 1.11 bits per heavy atom. The van der Waals surface area contributed by atoms with Crippen molar-refractivity contribution < 1.29 is 5.11 Å². The Balaban J connectivity index is 1.96. The maximum absolute atomic E-state index is 9.39. The Morgan fingerprint density at radius 3 is 2.79 bits per heavy atom.